The number of fused-ring (bicyclic) bond motifs is 1. The van der Waals surface area contributed by atoms with Gasteiger partial charge in [0.15, 0.2) is 0 Å². The Kier molecular flexibility index (Phi) is 3.62. The van der Waals surface area contributed by atoms with Crippen molar-refractivity contribution in [3.8, 4) is 0 Å². The largest absolute Gasteiger partial charge is 0.390 e. The van der Waals surface area contributed by atoms with Gasteiger partial charge in [-0.05, 0) is 23.6 Å². The molecule has 2 aromatic rings. The van der Waals surface area contributed by atoms with Crippen LogP contribution in [-0.4, -0.2) is 39.0 Å². The highest BCUT2D eigenvalue weighted by atomic mass is 16.3. The number of hydrogen-bond acceptors (Lipinski definition) is 3. The van der Waals surface area contributed by atoms with E-state index in [2.05, 4.69) is 34.3 Å². The molecule has 0 fully saturated rings. The van der Waals surface area contributed by atoms with Gasteiger partial charge in [-0.15, -0.1) is 0 Å². The van der Waals surface area contributed by atoms with Crippen molar-refractivity contribution in [2.45, 2.75) is 25.6 Å². The molecule has 100 valence electrons. The van der Waals surface area contributed by atoms with Crippen LogP contribution < -0.4 is 0 Å². The Labute approximate surface area is 113 Å². The highest BCUT2D eigenvalue weighted by Crippen LogP contribution is 2.18. The Morgan fingerprint density at radius 1 is 1.16 bits per heavy atom. The van der Waals surface area contributed by atoms with E-state index in [1.54, 1.807) is 10.9 Å². The van der Waals surface area contributed by atoms with Gasteiger partial charge < -0.3 is 5.11 Å². The molecule has 1 aromatic carbocycles. The molecule has 0 spiro atoms. The van der Waals surface area contributed by atoms with Crippen molar-refractivity contribution in [2.24, 2.45) is 0 Å². The predicted octanol–water partition coefficient (Wildman–Crippen LogP) is 1.30. The molecule has 2 heterocycles. The molecular weight excluding hydrogens is 238 g/mol. The number of β-amino-alcohol motifs (C(OH)–C–C–N with tert-alkyl or cyclic N) is 1. The maximum Gasteiger partial charge on any atom is 0.0862 e. The molecule has 0 amide bonds. The summed E-state index contributed by atoms with van der Waals surface area (Å²) < 4.78 is 1.78. The normalized spacial score (nSPS) is 17.1. The van der Waals surface area contributed by atoms with Crippen molar-refractivity contribution in [3.63, 3.8) is 0 Å². The lowest BCUT2D eigenvalue weighted by atomic mass is 10.00. The molecule has 3 rings (SSSR count). The fourth-order valence-electron chi connectivity index (χ4n) is 2.69. The zero-order valence-electron chi connectivity index (χ0n) is 10.9. The van der Waals surface area contributed by atoms with E-state index < -0.39 is 0 Å². The number of aromatic nitrogens is 2. The van der Waals surface area contributed by atoms with Crippen LogP contribution in [0, 0.1) is 0 Å². The summed E-state index contributed by atoms with van der Waals surface area (Å²) in [5, 5.41) is 14.2. The first-order chi connectivity index (χ1) is 9.31. The number of rotatable bonds is 4. The van der Waals surface area contributed by atoms with E-state index in [4.69, 9.17) is 0 Å². The van der Waals surface area contributed by atoms with Crippen LogP contribution in [-0.2, 0) is 19.5 Å². The van der Waals surface area contributed by atoms with E-state index in [1.165, 1.54) is 11.1 Å². The number of hydrogen-bond donors (Lipinski definition) is 1. The second kappa shape index (κ2) is 5.55. The summed E-state index contributed by atoms with van der Waals surface area (Å²) in [6, 6.07) is 10.4. The van der Waals surface area contributed by atoms with Gasteiger partial charge in [-0.1, -0.05) is 24.3 Å². The zero-order chi connectivity index (χ0) is 13.1. The quantitative estimate of drug-likeness (QED) is 0.897. The maximum absolute atomic E-state index is 10.1. The van der Waals surface area contributed by atoms with Gasteiger partial charge in [0, 0.05) is 32.0 Å². The lowest BCUT2D eigenvalue weighted by molar-refractivity contribution is 0.0889. The lowest BCUT2D eigenvalue weighted by Crippen LogP contribution is -2.38. The average molecular weight is 257 g/mol. The Morgan fingerprint density at radius 3 is 2.79 bits per heavy atom. The minimum absolute atomic E-state index is 0.370. The summed E-state index contributed by atoms with van der Waals surface area (Å²) in [5.74, 6) is 0. The van der Waals surface area contributed by atoms with Crippen LogP contribution >= 0.6 is 0 Å². The highest BCUT2D eigenvalue weighted by Gasteiger charge is 2.18. The molecule has 0 aliphatic carbocycles. The fraction of sp³-hybridized carbons (Fsp3) is 0.400. The first-order valence-corrected chi connectivity index (χ1v) is 6.76. The van der Waals surface area contributed by atoms with Crippen molar-refractivity contribution in [1.29, 1.82) is 0 Å². The SMILES string of the molecule is OC(CN1CCc2ccccc2C1)Cn1cccn1. The Hall–Kier alpha value is -1.65. The van der Waals surface area contributed by atoms with Gasteiger partial charge in [-0.3, -0.25) is 9.58 Å². The van der Waals surface area contributed by atoms with E-state index in [1.807, 2.05) is 12.3 Å². The molecule has 0 radical (unpaired) electrons. The minimum Gasteiger partial charge on any atom is -0.390 e. The molecule has 0 bridgehead atoms. The summed E-state index contributed by atoms with van der Waals surface area (Å²) in [6.07, 6.45) is 4.33. The van der Waals surface area contributed by atoms with Crippen LogP contribution in [0.2, 0.25) is 0 Å². The summed E-state index contributed by atoms with van der Waals surface area (Å²) in [5.41, 5.74) is 2.83. The van der Waals surface area contributed by atoms with Gasteiger partial charge >= 0.3 is 0 Å². The smallest absolute Gasteiger partial charge is 0.0862 e. The minimum atomic E-state index is -0.370. The van der Waals surface area contributed by atoms with Crippen LogP contribution in [0.1, 0.15) is 11.1 Å². The molecule has 1 aliphatic heterocycles. The standard InChI is InChI=1S/C15H19N3O/c19-15(12-18-8-3-7-16-18)11-17-9-6-13-4-1-2-5-14(13)10-17/h1-5,7-8,15,19H,6,9-12H2. The van der Waals surface area contributed by atoms with Crippen LogP contribution in [0.15, 0.2) is 42.7 Å². The second-order valence-corrected chi connectivity index (χ2v) is 5.14. The van der Waals surface area contributed by atoms with Crippen molar-refractivity contribution in [3.05, 3.63) is 53.9 Å². The third-order valence-corrected chi connectivity index (χ3v) is 3.64. The Bertz CT molecular complexity index is 524. The maximum atomic E-state index is 10.1. The first-order valence-electron chi connectivity index (χ1n) is 6.76. The van der Waals surface area contributed by atoms with Crippen molar-refractivity contribution in [1.82, 2.24) is 14.7 Å². The van der Waals surface area contributed by atoms with Crippen LogP contribution in [0.5, 0.6) is 0 Å². The number of aliphatic hydroxyl groups excluding tert-OH is 1. The van der Waals surface area contributed by atoms with E-state index in [0.29, 0.717) is 13.1 Å². The van der Waals surface area contributed by atoms with Gasteiger partial charge in [0.25, 0.3) is 0 Å². The van der Waals surface area contributed by atoms with Crippen LogP contribution in [0.3, 0.4) is 0 Å². The van der Waals surface area contributed by atoms with E-state index in [9.17, 15) is 5.11 Å². The molecule has 1 unspecified atom stereocenters. The third-order valence-electron chi connectivity index (χ3n) is 3.64. The Morgan fingerprint density at radius 2 is 2.00 bits per heavy atom. The summed E-state index contributed by atoms with van der Waals surface area (Å²) >= 11 is 0. The first kappa shape index (κ1) is 12.4. The third kappa shape index (κ3) is 3.03. The molecule has 19 heavy (non-hydrogen) atoms. The molecule has 4 nitrogen and oxygen atoms in total. The molecular formula is C15H19N3O. The van der Waals surface area contributed by atoms with Crippen molar-refractivity contribution < 1.29 is 5.11 Å². The molecule has 0 saturated heterocycles. The topological polar surface area (TPSA) is 41.3 Å². The summed E-state index contributed by atoms with van der Waals surface area (Å²) in [7, 11) is 0. The summed E-state index contributed by atoms with van der Waals surface area (Å²) in [4.78, 5) is 2.32. The van der Waals surface area contributed by atoms with E-state index >= 15 is 0 Å². The molecule has 1 aromatic heterocycles. The molecule has 1 aliphatic rings. The van der Waals surface area contributed by atoms with Crippen molar-refractivity contribution in [2.75, 3.05) is 13.1 Å². The van der Waals surface area contributed by atoms with E-state index in [0.717, 1.165) is 19.5 Å². The monoisotopic (exact) mass is 257 g/mol. The number of nitrogens with zero attached hydrogens (tertiary/aromatic N) is 3. The average Bonchev–Trinajstić information content (AvgIpc) is 2.91. The van der Waals surface area contributed by atoms with Gasteiger partial charge in [0.05, 0.1) is 12.6 Å². The molecule has 1 atom stereocenters. The predicted molar refractivity (Wildman–Crippen MR) is 73.7 cm³/mol. The van der Waals surface area contributed by atoms with Crippen molar-refractivity contribution >= 4 is 0 Å². The number of aliphatic hydroxyl groups is 1. The van der Waals surface area contributed by atoms with Gasteiger partial charge in [-0.2, -0.15) is 5.10 Å². The number of benzene rings is 1. The second-order valence-electron chi connectivity index (χ2n) is 5.14. The van der Waals surface area contributed by atoms with E-state index in [-0.39, 0.29) is 6.10 Å². The van der Waals surface area contributed by atoms with Crippen LogP contribution in [0.4, 0.5) is 0 Å². The Balaban J connectivity index is 1.57. The molecule has 0 saturated carbocycles. The fourth-order valence-corrected chi connectivity index (χ4v) is 2.69. The van der Waals surface area contributed by atoms with Gasteiger partial charge in [-0.25, -0.2) is 0 Å². The zero-order valence-corrected chi connectivity index (χ0v) is 10.9. The summed E-state index contributed by atoms with van der Waals surface area (Å²) in [6.45, 7) is 3.22. The molecule has 4 heteroatoms. The van der Waals surface area contributed by atoms with Gasteiger partial charge in [0.2, 0.25) is 0 Å². The van der Waals surface area contributed by atoms with Crippen LogP contribution in [0.25, 0.3) is 0 Å². The highest BCUT2D eigenvalue weighted by molar-refractivity contribution is 5.29. The lowest BCUT2D eigenvalue weighted by Gasteiger charge is -2.30. The molecule has 1 N–H and O–H groups in total. The van der Waals surface area contributed by atoms with Gasteiger partial charge in [0.1, 0.15) is 0 Å².